The smallest absolute Gasteiger partial charge is 0.462 e. The average Bonchev–Trinajstić information content (AvgIpc) is 3.11. The number of hydrogen-bond acceptors (Lipinski definition) is 8. The summed E-state index contributed by atoms with van der Waals surface area (Å²) in [4.78, 5) is 34.9. The molecule has 298 valence electrons. The van der Waals surface area contributed by atoms with Crippen molar-refractivity contribution in [1.82, 2.24) is 5.32 Å². The van der Waals surface area contributed by atoms with Gasteiger partial charge in [-0.1, -0.05) is 147 Å². The fraction of sp³-hybridized carbons (Fsp3) is 0.805. The first-order chi connectivity index (χ1) is 24.8. The summed E-state index contributed by atoms with van der Waals surface area (Å²) in [5.41, 5.74) is 0. The van der Waals surface area contributed by atoms with Crippen LogP contribution in [0.4, 0.5) is 0 Å². The summed E-state index contributed by atoms with van der Waals surface area (Å²) in [6.45, 7) is 4.16. The van der Waals surface area contributed by atoms with E-state index >= 15 is 0 Å². The highest BCUT2D eigenvalue weighted by Gasteiger charge is 2.26. The van der Waals surface area contributed by atoms with Gasteiger partial charge >= 0.3 is 19.8 Å². The van der Waals surface area contributed by atoms with Crippen molar-refractivity contribution in [3.05, 3.63) is 36.5 Å². The fourth-order valence-electron chi connectivity index (χ4n) is 5.38. The van der Waals surface area contributed by atoms with Gasteiger partial charge in [-0.15, -0.1) is 0 Å². The lowest BCUT2D eigenvalue weighted by Gasteiger charge is -2.20. The summed E-state index contributed by atoms with van der Waals surface area (Å²) < 4.78 is 33.1. The van der Waals surface area contributed by atoms with Crippen molar-refractivity contribution in [3.63, 3.8) is 0 Å². The molecule has 0 amide bonds. The Morgan fingerprint density at radius 3 is 1.61 bits per heavy atom. The fourth-order valence-corrected chi connectivity index (χ4v) is 6.13. The first-order valence-electron chi connectivity index (χ1n) is 20.4. The molecule has 10 heteroatoms. The minimum Gasteiger partial charge on any atom is -0.462 e. The molecule has 2 unspecified atom stereocenters. The number of allylic oxidation sites excluding steroid dienone is 6. The number of carbonyl (C=O) groups is 2. The maximum absolute atomic E-state index is 12.6. The zero-order valence-electron chi connectivity index (χ0n) is 32.8. The third-order valence-electron chi connectivity index (χ3n) is 8.51. The van der Waals surface area contributed by atoms with Crippen molar-refractivity contribution < 1.29 is 37.6 Å². The Morgan fingerprint density at radius 2 is 1.06 bits per heavy atom. The lowest BCUT2D eigenvalue weighted by Crippen LogP contribution is -2.29. The molecule has 0 aromatic rings. The molecule has 0 rings (SSSR count). The van der Waals surface area contributed by atoms with Gasteiger partial charge in [-0.3, -0.25) is 18.6 Å². The van der Waals surface area contributed by atoms with Crippen molar-refractivity contribution in [1.29, 1.82) is 0 Å². The van der Waals surface area contributed by atoms with Gasteiger partial charge < -0.3 is 19.7 Å². The zero-order chi connectivity index (χ0) is 37.5. The Bertz CT molecular complexity index is 939. The quantitative estimate of drug-likeness (QED) is 0.0276. The molecule has 0 bridgehead atoms. The van der Waals surface area contributed by atoms with Crippen LogP contribution in [-0.4, -0.2) is 56.3 Å². The molecule has 0 saturated carbocycles. The third kappa shape index (κ3) is 37.8. The van der Waals surface area contributed by atoms with Crippen LogP contribution in [0.1, 0.15) is 174 Å². The van der Waals surface area contributed by atoms with Crippen molar-refractivity contribution in [2.24, 2.45) is 0 Å². The van der Waals surface area contributed by atoms with E-state index in [4.69, 9.17) is 18.5 Å². The number of rotatable bonds is 38. The number of phosphoric acid groups is 1. The maximum atomic E-state index is 12.6. The van der Waals surface area contributed by atoms with Crippen LogP contribution in [0.3, 0.4) is 0 Å². The molecule has 9 nitrogen and oxygen atoms in total. The second-order valence-corrected chi connectivity index (χ2v) is 14.9. The Hall–Kier alpha value is -1.77. The highest BCUT2D eigenvalue weighted by Crippen LogP contribution is 2.43. The molecule has 0 aromatic heterocycles. The number of likely N-dealkylation sites (N-methyl/N-ethyl adjacent to an activating group) is 1. The molecule has 2 N–H and O–H groups in total. The topological polar surface area (TPSA) is 120 Å². The largest absolute Gasteiger partial charge is 0.472 e. The van der Waals surface area contributed by atoms with Crippen LogP contribution in [0.15, 0.2) is 36.5 Å². The van der Waals surface area contributed by atoms with E-state index in [0.29, 0.717) is 13.0 Å². The van der Waals surface area contributed by atoms with Gasteiger partial charge in [0.2, 0.25) is 0 Å². The molecule has 0 saturated heterocycles. The maximum Gasteiger partial charge on any atom is 0.472 e. The molecular formula is C41H76NO8P. The summed E-state index contributed by atoms with van der Waals surface area (Å²) in [5.74, 6) is -0.831. The van der Waals surface area contributed by atoms with Gasteiger partial charge in [0, 0.05) is 19.4 Å². The summed E-state index contributed by atoms with van der Waals surface area (Å²) >= 11 is 0. The molecule has 51 heavy (non-hydrogen) atoms. The molecular weight excluding hydrogens is 665 g/mol. The van der Waals surface area contributed by atoms with E-state index in [1.54, 1.807) is 7.05 Å². The lowest BCUT2D eigenvalue weighted by atomic mass is 10.0. The van der Waals surface area contributed by atoms with E-state index < -0.39 is 26.5 Å². The monoisotopic (exact) mass is 742 g/mol. The van der Waals surface area contributed by atoms with Crippen molar-refractivity contribution in [3.8, 4) is 0 Å². The van der Waals surface area contributed by atoms with E-state index in [-0.39, 0.29) is 32.0 Å². The van der Waals surface area contributed by atoms with E-state index in [1.807, 2.05) is 0 Å². The van der Waals surface area contributed by atoms with Gasteiger partial charge in [0.05, 0.1) is 13.2 Å². The van der Waals surface area contributed by atoms with Crippen molar-refractivity contribution in [2.75, 3.05) is 33.4 Å². The number of nitrogens with one attached hydrogen (secondary N) is 1. The first kappa shape index (κ1) is 49.2. The van der Waals surface area contributed by atoms with Crippen LogP contribution in [0.5, 0.6) is 0 Å². The van der Waals surface area contributed by atoms with E-state index in [2.05, 4.69) is 55.6 Å². The molecule has 2 atom stereocenters. The Morgan fingerprint density at radius 1 is 0.608 bits per heavy atom. The highest BCUT2D eigenvalue weighted by molar-refractivity contribution is 7.47. The van der Waals surface area contributed by atoms with E-state index in [9.17, 15) is 19.0 Å². The molecule has 0 spiro atoms. The Labute approximate surface area is 312 Å². The minimum atomic E-state index is -4.35. The number of ether oxygens (including phenoxy) is 2. The van der Waals surface area contributed by atoms with Crippen LogP contribution in [0.25, 0.3) is 0 Å². The third-order valence-corrected chi connectivity index (χ3v) is 9.50. The van der Waals surface area contributed by atoms with E-state index in [0.717, 1.165) is 57.8 Å². The molecule has 0 radical (unpaired) electrons. The van der Waals surface area contributed by atoms with Gasteiger partial charge in [-0.25, -0.2) is 4.57 Å². The Balaban J connectivity index is 4.30. The Kier molecular flexibility index (Phi) is 36.7. The second-order valence-electron chi connectivity index (χ2n) is 13.5. The molecule has 0 aromatic carbocycles. The lowest BCUT2D eigenvalue weighted by molar-refractivity contribution is -0.161. The van der Waals surface area contributed by atoms with Crippen LogP contribution >= 0.6 is 7.82 Å². The average molecular weight is 742 g/mol. The predicted molar refractivity (Wildman–Crippen MR) is 211 cm³/mol. The molecule has 0 aliphatic heterocycles. The SMILES string of the molecule is CCCCC/C=C\C/C=C\C/C=C\CCCCCCC(=O)OC(COC(=O)CCCCCCCCCCCCCC)COP(=O)(O)OCCNC. The van der Waals surface area contributed by atoms with Crippen molar-refractivity contribution >= 4 is 19.8 Å². The number of hydrogen-bond donors (Lipinski definition) is 2. The highest BCUT2D eigenvalue weighted by atomic mass is 31.2. The van der Waals surface area contributed by atoms with Gasteiger partial charge in [-0.2, -0.15) is 0 Å². The number of carbonyl (C=O) groups excluding carboxylic acids is 2. The second kappa shape index (κ2) is 38.0. The van der Waals surface area contributed by atoms with Crippen LogP contribution in [0.2, 0.25) is 0 Å². The number of unbranched alkanes of at least 4 members (excludes halogenated alkanes) is 18. The molecule has 0 aliphatic rings. The van der Waals surface area contributed by atoms with Gasteiger partial charge in [0.25, 0.3) is 0 Å². The van der Waals surface area contributed by atoms with Crippen LogP contribution in [-0.2, 0) is 32.7 Å². The predicted octanol–water partition coefficient (Wildman–Crippen LogP) is 11.3. The molecule has 0 heterocycles. The molecule has 0 aliphatic carbocycles. The summed E-state index contributed by atoms with van der Waals surface area (Å²) in [6, 6.07) is 0. The standard InChI is InChI=1S/C41H76NO8P/c1-4-6-8-10-12-14-16-18-19-20-21-22-24-26-28-30-32-34-41(44)50-39(38-49-51(45,46)48-36-35-42-3)37-47-40(43)33-31-29-27-25-23-17-15-13-11-9-7-5-2/h12,14,18-19,21-22,39,42H,4-11,13,15-17,20,23-38H2,1-3H3,(H,45,46)/b14-12-,19-18-,22-21-. The number of esters is 2. The normalized spacial score (nSPS) is 13.7. The van der Waals surface area contributed by atoms with Crippen LogP contribution < -0.4 is 5.32 Å². The molecule has 0 fully saturated rings. The minimum absolute atomic E-state index is 0.0211. The zero-order valence-corrected chi connectivity index (χ0v) is 33.7. The van der Waals surface area contributed by atoms with Crippen LogP contribution in [0, 0.1) is 0 Å². The van der Waals surface area contributed by atoms with E-state index in [1.165, 1.54) is 83.5 Å². The first-order valence-corrected chi connectivity index (χ1v) is 21.9. The van der Waals surface area contributed by atoms with Gasteiger partial charge in [-0.05, 0) is 58.4 Å². The van der Waals surface area contributed by atoms with Gasteiger partial charge in [0.15, 0.2) is 6.10 Å². The van der Waals surface area contributed by atoms with Gasteiger partial charge in [0.1, 0.15) is 6.61 Å². The summed E-state index contributed by atoms with van der Waals surface area (Å²) in [6.07, 6.45) is 39.0. The summed E-state index contributed by atoms with van der Waals surface area (Å²) in [5, 5.41) is 2.82. The summed E-state index contributed by atoms with van der Waals surface area (Å²) in [7, 11) is -2.65. The number of phosphoric ester groups is 1. The van der Waals surface area contributed by atoms with Crippen molar-refractivity contribution in [2.45, 2.75) is 180 Å².